The molecule has 0 bridgehead atoms. The van der Waals surface area contributed by atoms with Gasteiger partial charge in [0.25, 0.3) is 0 Å². The van der Waals surface area contributed by atoms with Crippen molar-refractivity contribution in [2.45, 2.75) is 58.3 Å². The first-order chi connectivity index (χ1) is 13.3. The van der Waals surface area contributed by atoms with Gasteiger partial charge in [0.2, 0.25) is 0 Å². The molecule has 30 heavy (non-hydrogen) atoms. The Morgan fingerprint density at radius 2 is 1.53 bits per heavy atom. The molecule has 14 heteroatoms. The van der Waals surface area contributed by atoms with Crippen molar-refractivity contribution in [1.82, 2.24) is 0 Å². The van der Waals surface area contributed by atoms with Gasteiger partial charge in [0.1, 0.15) is 6.61 Å². The van der Waals surface area contributed by atoms with E-state index in [0.29, 0.717) is 0 Å². The first-order valence-corrected chi connectivity index (χ1v) is 10.2. The molecule has 0 aliphatic rings. The van der Waals surface area contributed by atoms with Crippen LogP contribution >= 0.6 is 0 Å². The molecule has 0 spiro atoms. The highest BCUT2D eigenvalue weighted by molar-refractivity contribution is 7.86. The summed E-state index contributed by atoms with van der Waals surface area (Å²) in [6, 6.07) is 0. The zero-order valence-electron chi connectivity index (χ0n) is 17.0. The van der Waals surface area contributed by atoms with Gasteiger partial charge in [-0.3, -0.25) is 9.35 Å². The van der Waals surface area contributed by atoms with Crippen molar-refractivity contribution in [3.8, 4) is 0 Å². The van der Waals surface area contributed by atoms with Crippen LogP contribution in [0.2, 0.25) is 0 Å². The van der Waals surface area contributed by atoms with Gasteiger partial charge in [-0.05, 0) is 25.2 Å². The third-order valence-corrected chi connectivity index (χ3v) is 4.69. The van der Waals surface area contributed by atoms with Crippen molar-refractivity contribution in [2.24, 2.45) is 17.8 Å². The van der Waals surface area contributed by atoms with E-state index in [9.17, 15) is 40.0 Å². The lowest BCUT2D eigenvalue weighted by molar-refractivity contribution is -0.362. The second-order valence-electron chi connectivity index (χ2n) is 7.14. The maximum atomic E-state index is 13.7. The maximum Gasteiger partial charge on any atom is 0.468 e. The Kier molecular flexibility index (Phi) is 9.66. The van der Waals surface area contributed by atoms with E-state index >= 15 is 0 Å². The minimum atomic E-state index is -6.20. The van der Waals surface area contributed by atoms with Gasteiger partial charge < -0.3 is 14.2 Å². The third kappa shape index (κ3) is 7.01. The molecule has 0 saturated carbocycles. The number of esters is 2. The Morgan fingerprint density at radius 1 is 1.03 bits per heavy atom. The van der Waals surface area contributed by atoms with Gasteiger partial charge in [-0.25, -0.2) is 4.79 Å². The molecule has 0 aliphatic heterocycles. The van der Waals surface area contributed by atoms with Crippen LogP contribution in [0, 0.1) is 17.8 Å². The summed E-state index contributed by atoms with van der Waals surface area (Å²) in [5.41, 5.74) is 0. The lowest BCUT2D eigenvalue weighted by Gasteiger charge is -2.34. The molecule has 0 rings (SSSR count). The summed E-state index contributed by atoms with van der Waals surface area (Å²) in [6.07, 6.45) is -5.89. The second-order valence-corrected chi connectivity index (χ2v) is 8.68. The fourth-order valence-corrected chi connectivity index (χ4v) is 2.45. The Hall–Kier alpha value is -1.54. The lowest BCUT2D eigenvalue weighted by Crippen LogP contribution is -2.60. The van der Waals surface area contributed by atoms with Crippen molar-refractivity contribution >= 4 is 22.1 Å². The minimum Gasteiger partial charge on any atom is -0.461 e. The van der Waals surface area contributed by atoms with Gasteiger partial charge in [0.15, 0.2) is 0 Å². The monoisotopic (exact) mass is 472 g/mol. The summed E-state index contributed by atoms with van der Waals surface area (Å²) >= 11 is 0. The third-order valence-electron chi connectivity index (χ3n) is 3.82. The molecule has 0 aromatic carbocycles. The number of hydrogen-bond acceptors (Lipinski definition) is 7. The van der Waals surface area contributed by atoms with E-state index < -0.39 is 64.3 Å². The van der Waals surface area contributed by atoms with E-state index in [1.807, 2.05) is 0 Å². The van der Waals surface area contributed by atoms with E-state index in [4.69, 9.17) is 4.55 Å². The molecule has 2 atom stereocenters. The van der Waals surface area contributed by atoms with Crippen LogP contribution in [0.25, 0.3) is 0 Å². The number of carbonyl (C=O) groups is 2. The first-order valence-electron chi connectivity index (χ1n) is 8.78. The quantitative estimate of drug-likeness (QED) is 0.211. The zero-order chi connectivity index (χ0) is 24.1. The molecular weight excluding hydrogens is 447 g/mol. The molecule has 0 amide bonds. The summed E-state index contributed by atoms with van der Waals surface area (Å²) < 4.78 is 110. The molecule has 0 aromatic rings. The number of ether oxygens (including phenoxy) is 3. The summed E-state index contributed by atoms with van der Waals surface area (Å²) in [4.78, 5) is 24.5. The van der Waals surface area contributed by atoms with E-state index in [1.165, 1.54) is 13.8 Å². The molecule has 0 aromatic heterocycles. The van der Waals surface area contributed by atoms with Crippen LogP contribution < -0.4 is 0 Å². The van der Waals surface area contributed by atoms with Gasteiger partial charge in [0.05, 0.1) is 12.5 Å². The Morgan fingerprint density at radius 3 is 1.87 bits per heavy atom. The molecule has 8 nitrogen and oxygen atoms in total. The fraction of sp³-hybridized carbons (Fsp3) is 0.875. The fourth-order valence-electron chi connectivity index (χ4n) is 2.24. The molecule has 0 fully saturated rings. The number of hydrogen-bond donors (Lipinski definition) is 1. The highest BCUT2D eigenvalue weighted by Gasteiger charge is 2.69. The average Bonchev–Trinajstić information content (AvgIpc) is 2.53. The largest absolute Gasteiger partial charge is 0.468 e. The van der Waals surface area contributed by atoms with Crippen molar-refractivity contribution in [3.05, 3.63) is 0 Å². The van der Waals surface area contributed by atoms with Gasteiger partial charge in [-0.15, -0.1) is 0 Å². The highest BCUT2D eigenvalue weighted by Crippen LogP contribution is 2.39. The zero-order valence-corrected chi connectivity index (χ0v) is 17.8. The Balaban J connectivity index is 6.27. The Bertz CT molecular complexity index is 705. The normalized spacial score (nSPS) is 16.3. The number of carbonyl (C=O) groups excluding carboxylic acids is 2. The number of alkyl halides is 5. The van der Waals surface area contributed by atoms with Gasteiger partial charge in [0, 0.05) is 0 Å². The SMILES string of the molecule is CCOC(=O)C(OCC(F)(F)S(=O)(=O)O)(OC(=O)C(CC(C)C)C(C)C)C(F)(F)F. The van der Waals surface area contributed by atoms with Gasteiger partial charge >= 0.3 is 39.3 Å². The molecular formula is C16H25F5O8S. The Labute approximate surface area is 170 Å². The molecule has 0 heterocycles. The molecule has 0 aliphatic carbocycles. The standard InChI is InChI=1S/C16H25F5O8S/c1-6-27-13(23)15(16(19,20)21,28-8-14(17,18)30(24,25)26)29-12(22)11(10(4)5)7-9(2)3/h9-11H,6-8H2,1-5H3,(H,24,25,26). The van der Waals surface area contributed by atoms with E-state index in [2.05, 4.69) is 14.2 Å². The summed E-state index contributed by atoms with van der Waals surface area (Å²) in [6.45, 7) is 4.06. The van der Waals surface area contributed by atoms with Crippen LogP contribution in [0.4, 0.5) is 22.0 Å². The topological polar surface area (TPSA) is 116 Å². The molecule has 0 saturated heterocycles. The summed E-state index contributed by atoms with van der Waals surface area (Å²) in [5.74, 6) is -10.6. The van der Waals surface area contributed by atoms with Gasteiger partial charge in [-0.2, -0.15) is 30.4 Å². The molecule has 178 valence electrons. The van der Waals surface area contributed by atoms with Gasteiger partial charge in [-0.1, -0.05) is 27.7 Å². The summed E-state index contributed by atoms with van der Waals surface area (Å²) in [7, 11) is -6.20. The van der Waals surface area contributed by atoms with Crippen molar-refractivity contribution in [1.29, 1.82) is 0 Å². The van der Waals surface area contributed by atoms with Crippen molar-refractivity contribution in [3.63, 3.8) is 0 Å². The van der Waals surface area contributed by atoms with Crippen LogP contribution in [-0.4, -0.2) is 55.3 Å². The van der Waals surface area contributed by atoms with Crippen molar-refractivity contribution in [2.75, 3.05) is 13.2 Å². The minimum absolute atomic E-state index is 0.0362. The van der Waals surface area contributed by atoms with Crippen molar-refractivity contribution < 1.29 is 58.7 Å². The number of halogens is 5. The van der Waals surface area contributed by atoms with E-state index in [-0.39, 0.29) is 12.3 Å². The van der Waals surface area contributed by atoms with E-state index in [0.717, 1.165) is 6.92 Å². The average molecular weight is 472 g/mol. The van der Waals surface area contributed by atoms with E-state index in [1.54, 1.807) is 13.8 Å². The highest BCUT2D eigenvalue weighted by atomic mass is 32.2. The first kappa shape index (κ1) is 28.5. The smallest absolute Gasteiger partial charge is 0.461 e. The van der Waals surface area contributed by atoms with Crippen LogP contribution in [0.3, 0.4) is 0 Å². The predicted octanol–water partition coefficient (Wildman–Crippen LogP) is 3.17. The van der Waals surface area contributed by atoms with Crippen LogP contribution in [0.1, 0.15) is 41.0 Å². The number of rotatable bonds is 11. The summed E-state index contributed by atoms with van der Waals surface area (Å²) in [5, 5.41) is -5.24. The molecule has 2 unspecified atom stereocenters. The second kappa shape index (κ2) is 10.2. The maximum absolute atomic E-state index is 13.7. The molecule has 1 N–H and O–H groups in total. The van der Waals surface area contributed by atoms with Crippen LogP contribution in [0.5, 0.6) is 0 Å². The van der Waals surface area contributed by atoms with Crippen LogP contribution in [0.15, 0.2) is 0 Å². The lowest BCUT2D eigenvalue weighted by atomic mass is 9.87. The molecule has 0 radical (unpaired) electrons. The van der Waals surface area contributed by atoms with Crippen LogP contribution in [-0.2, 0) is 33.9 Å². The predicted molar refractivity (Wildman–Crippen MR) is 91.7 cm³/mol.